The standard InChI is InChI=1S/C15H23N3O/c1-19-13(10-6-3-2-4-7-10)15-17-12-9-5-8-11(12)14(16)18-15/h10,13H,2-9H2,1H3,(H2,16,17,18). The van der Waals surface area contributed by atoms with Crippen molar-refractivity contribution in [2.24, 2.45) is 5.92 Å². The van der Waals surface area contributed by atoms with Gasteiger partial charge >= 0.3 is 0 Å². The van der Waals surface area contributed by atoms with Gasteiger partial charge in [-0.2, -0.15) is 0 Å². The maximum absolute atomic E-state index is 6.09. The van der Waals surface area contributed by atoms with Gasteiger partial charge in [-0.15, -0.1) is 0 Å². The number of hydrogen-bond donors (Lipinski definition) is 1. The molecule has 2 aliphatic carbocycles. The SMILES string of the molecule is COC(c1nc(N)c2c(n1)CCC2)C1CCCCC1. The number of rotatable bonds is 3. The molecule has 4 nitrogen and oxygen atoms in total. The Balaban J connectivity index is 1.88. The average Bonchev–Trinajstić information content (AvgIpc) is 2.90. The zero-order valence-electron chi connectivity index (χ0n) is 11.7. The summed E-state index contributed by atoms with van der Waals surface area (Å²) in [6.45, 7) is 0. The quantitative estimate of drug-likeness (QED) is 0.909. The van der Waals surface area contributed by atoms with E-state index in [-0.39, 0.29) is 6.10 Å². The molecule has 0 saturated heterocycles. The number of methoxy groups -OCH3 is 1. The van der Waals surface area contributed by atoms with Gasteiger partial charge in [0.25, 0.3) is 0 Å². The number of anilines is 1. The monoisotopic (exact) mass is 261 g/mol. The molecule has 1 saturated carbocycles. The first-order valence-corrected chi connectivity index (χ1v) is 7.47. The van der Waals surface area contributed by atoms with Gasteiger partial charge in [0, 0.05) is 18.4 Å². The van der Waals surface area contributed by atoms with Crippen molar-refractivity contribution in [3.63, 3.8) is 0 Å². The lowest BCUT2D eigenvalue weighted by atomic mass is 9.85. The van der Waals surface area contributed by atoms with Crippen LogP contribution in [0, 0.1) is 5.92 Å². The molecule has 0 spiro atoms. The summed E-state index contributed by atoms with van der Waals surface area (Å²) in [7, 11) is 1.77. The van der Waals surface area contributed by atoms with E-state index >= 15 is 0 Å². The highest BCUT2D eigenvalue weighted by Gasteiger charge is 2.29. The lowest BCUT2D eigenvalue weighted by Gasteiger charge is -2.28. The van der Waals surface area contributed by atoms with E-state index in [0.717, 1.165) is 30.8 Å². The summed E-state index contributed by atoms with van der Waals surface area (Å²) in [5.74, 6) is 2.04. The van der Waals surface area contributed by atoms with Crippen molar-refractivity contribution in [1.29, 1.82) is 0 Å². The Kier molecular flexibility index (Phi) is 3.69. The second-order valence-corrected chi connectivity index (χ2v) is 5.80. The summed E-state index contributed by atoms with van der Waals surface area (Å²) in [4.78, 5) is 9.28. The lowest BCUT2D eigenvalue weighted by Crippen LogP contribution is -2.21. The second-order valence-electron chi connectivity index (χ2n) is 5.80. The molecule has 0 amide bonds. The van der Waals surface area contributed by atoms with Crippen molar-refractivity contribution in [2.75, 3.05) is 12.8 Å². The first-order valence-electron chi connectivity index (χ1n) is 7.47. The number of hydrogen-bond acceptors (Lipinski definition) is 4. The highest BCUT2D eigenvalue weighted by Crippen LogP contribution is 2.36. The number of aryl methyl sites for hydroxylation is 1. The molecular formula is C15H23N3O. The van der Waals surface area contributed by atoms with Crippen molar-refractivity contribution in [1.82, 2.24) is 9.97 Å². The van der Waals surface area contributed by atoms with Crippen molar-refractivity contribution in [2.45, 2.75) is 57.5 Å². The molecular weight excluding hydrogens is 238 g/mol. The summed E-state index contributed by atoms with van der Waals surface area (Å²) in [5, 5.41) is 0. The Morgan fingerprint density at radius 2 is 1.89 bits per heavy atom. The third kappa shape index (κ3) is 2.46. The zero-order valence-corrected chi connectivity index (χ0v) is 11.7. The van der Waals surface area contributed by atoms with Crippen molar-refractivity contribution < 1.29 is 4.74 Å². The Hall–Kier alpha value is -1.16. The predicted octanol–water partition coefficient (Wildman–Crippen LogP) is 2.82. The van der Waals surface area contributed by atoms with Gasteiger partial charge in [-0.25, -0.2) is 9.97 Å². The Labute approximate surface area is 114 Å². The zero-order chi connectivity index (χ0) is 13.2. The van der Waals surface area contributed by atoms with E-state index in [1.165, 1.54) is 37.7 Å². The number of aromatic nitrogens is 2. The number of fused-ring (bicyclic) bond motifs is 1. The summed E-state index contributed by atoms with van der Waals surface area (Å²) in [6, 6.07) is 0. The van der Waals surface area contributed by atoms with Gasteiger partial charge in [-0.1, -0.05) is 19.3 Å². The van der Waals surface area contributed by atoms with Crippen LogP contribution in [0.2, 0.25) is 0 Å². The van der Waals surface area contributed by atoms with Crippen LogP contribution >= 0.6 is 0 Å². The van der Waals surface area contributed by atoms with E-state index in [2.05, 4.69) is 4.98 Å². The molecule has 2 aliphatic rings. The Bertz CT molecular complexity index is 455. The van der Waals surface area contributed by atoms with Crippen molar-refractivity contribution in [3.8, 4) is 0 Å². The summed E-state index contributed by atoms with van der Waals surface area (Å²) < 4.78 is 5.71. The van der Waals surface area contributed by atoms with Gasteiger partial charge in [0.05, 0.1) is 0 Å². The summed E-state index contributed by atoms with van der Waals surface area (Å²) >= 11 is 0. The molecule has 0 bridgehead atoms. The van der Waals surface area contributed by atoms with E-state index in [0.29, 0.717) is 11.7 Å². The first-order chi connectivity index (χ1) is 9.29. The maximum Gasteiger partial charge on any atom is 0.160 e. The second kappa shape index (κ2) is 5.45. The van der Waals surface area contributed by atoms with Crippen LogP contribution in [0.4, 0.5) is 5.82 Å². The Morgan fingerprint density at radius 1 is 1.11 bits per heavy atom. The molecule has 1 heterocycles. The molecule has 3 rings (SSSR count). The molecule has 1 aromatic heterocycles. The van der Waals surface area contributed by atoms with Gasteiger partial charge in [-0.05, 0) is 38.0 Å². The molecule has 4 heteroatoms. The molecule has 1 fully saturated rings. The fourth-order valence-corrected chi connectivity index (χ4v) is 3.55. The van der Waals surface area contributed by atoms with Crippen LogP contribution in [-0.4, -0.2) is 17.1 Å². The van der Waals surface area contributed by atoms with Crippen LogP contribution in [0.15, 0.2) is 0 Å². The van der Waals surface area contributed by atoms with E-state index < -0.39 is 0 Å². The Morgan fingerprint density at radius 3 is 2.63 bits per heavy atom. The van der Waals surface area contributed by atoms with Crippen LogP contribution in [0.3, 0.4) is 0 Å². The highest BCUT2D eigenvalue weighted by atomic mass is 16.5. The van der Waals surface area contributed by atoms with Gasteiger partial charge in [0.1, 0.15) is 11.9 Å². The molecule has 2 N–H and O–H groups in total. The normalized spacial score (nSPS) is 21.3. The maximum atomic E-state index is 6.09. The minimum Gasteiger partial charge on any atom is -0.383 e. The van der Waals surface area contributed by atoms with Gasteiger partial charge < -0.3 is 10.5 Å². The van der Waals surface area contributed by atoms with Gasteiger partial charge in [0.2, 0.25) is 0 Å². The molecule has 1 unspecified atom stereocenters. The fourth-order valence-electron chi connectivity index (χ4n) is 3.55. The fraction of sp³-hybridized carbons (Fsp3) is 0.733. The smallest absolute Gasteiger partial charge is 0.160 e. The van der Waals surface area contributed by atoms with Crippen LogP contribution in [-0.2, 0) is 17.6 Å². The molecule has 0 aromatic carbocycles. The van der Waals surface area contributed by atoms with Crippen LogP contribution < -0.4 is 5.73 Å². The first kappa shape index (κ1) is 12.9. The number of ether oxygens (including phenoxy) is 1. The van der Waals surface area contributed by atoms with Crippen molar-refractivity contribution >= 4 is 5.82 Å². The molecule has 1 aromatic rings. The van der Waals surface area contributed by atoms with E-state index in [9.17, 15) is 0 Å². The highest BCUT2D eigenvalue weighted by molar-refractivity contribution is 5.44. The van der Waals surface area contributed by atoms with Crippen LogP contribution in [0.25, 0.3) is 0 Å². The van der Waals surface area contributed by atoms with E-state index in [1.54, 1.807) is 7.11 Å². The molecule has 0 radical (unpaired) electrons. The van der Waals surface area contributed by atoms with E-state index in [4.69, 9.17) is 15.5 Å². The van der Waals surface area contributed by atoms with Crippen molar-refractivity contribution in [3.05, 3.63) is 17.1 Å². The summed E-state index contributed by atoms with van der Waals surface area (Å²) in [5.41, 5.74) is 8.41. The van der Waals surface area contributed by atoms with Crippen LogP contribution in [0.1, 0.15) is 61.7 Å². The predicted molar refractivity (Wildman–Crippen MR) is 74.8 cm³/mol. The molecule has 19 heavy (non-hydrogen) atoms. The number of nitrogens with two attached hydrogens (primary N) is 1. The van der Waals surface area contributed by atoms with E-state index in [1.807, 2.05) is 0 Å². The van der Waals surface area contributed by atoms with Gasteiger partial charge in [0.15, 0.2) is 5.82 Å². The molecule has 1 atom stereocenters. The number of nitrogens with zero attached hydrogens (tertiary/aromatic N) is 2. The summed E-state index contributed by atoms with van der Waals surface area (Å²) in [6.07, 6.45) is 9.62. The minimum absolute atomic E-state index is 0.0218. The minimum atomic E-state index is 0.0218. The topological polar surface area (TPSA) is 61.0 Å². The average molecular weight is 261 g/mol. The molecule has 104 valence electrons. The largest absolute Gasteiger partial charge is 0.383 e. The lowest BCUT2D eigenvalue weighted by molar-refractivity contribution is 0.0289. The van der Waals surface area contributed by atoms with Gasteiger partial charge in [-0.3, -0.25) is 0 Å². The number of nitrogen functional groups attached to an aromatic ring is 1. The van der Waals surface area contributed by atoms with Crippen LogP contribution in [0.5, 0.6) is 0 Å². The molecule has 0 aliphatic heterocycles. The third-order valence-corrected chi connectivity index (χ3v) is 4.57. The third-order valence-electron chi connectivity index (χ3n) is 4.57.